The summed E-state index contributed by atoms with van der Waals surface area (Å²) in [4.78, 5) is 6.11. The van der Waals surface area contributed by atoms with Crippen LogP contribution in [0, 0.1) is 5.92 Å². The molecule has 1 fully saturated rings. The smallest absolute Gasteiger partial charge is 0.0459 e. The van der Waals surface area contributed by atoms with Crippen molar-refractivity contribution in [1.29, 1.82) is 0 Å². The van der Waals surface area contributed by atoms with Crippen molar-refractivity contribution in [3.8, 4) is 0 Å². The molecule has 0 amide bonds. The van der Waals surface area contributed by atoms with Crippen LogP contribution in [0.1, 0.15) is 37.3 Å². The van der Waals surface area contributed by atoms with Crippen molar-refractivity contribution >= 4 is 10.9 Å². The Bertz CT molecular complexity index is 818. The Morgan fingerprint density at radius 1 is 1.48 bits per heavy atom. The third-order valence-electron chi connectivity index (χ3n) is 6.42. The van der Waals surface area contributed by atoms with Crippen molar-refractivity contribution in [2.75, 3.05) is 19.6 Å². The molecule has 2 aromatic rings. The first-order valence-corrected chi connectivity index (χ1v) is 9.46. The molecule has 1 aliphatic heterocycles. The summed E-state index contributed by atoms with van der Waals surface area (Å²) in [7, 11) is 0. The fourth-order valence-corrected chi connectivity index (χ4v) is 5.17. The third-order valence-corrected chi connectivity index (χ3v) is 6.42. The standard InChI is InChI=1S/C22H29N3/c1-5-10-25-14-16(15(3)23-6-2)11-19-18-8-7-9-20-21(18)17(13-24-20)12-22(19,25)4/h5,7-9,13,16,19,23-24H,1,3,6,10-12,14H2,2,4H3. The predicted octanol–water partition coefficient (Wildman–Crippen LogP) is 4.20. The second-order valence-corrected chi connectivity index (χ2v) is 7.85. The summed E-state index contributed by atoms with van der Waals surface area (Å²) in [5.74, 6) is 1.00. The number of aromatic nitrogens is 1. The predicted molar refractivity (Wildman–Crippen MR) is 106 cm³/mol. The summed E-state index contributed by atoms with van der Waals surface area (Å²) in [6.07, 6.45) is 6.53. The van der Waals surface area contributed by atoms with Crippen molar-refractivity contribution in [1.82, 2.24) is 15.2 Å². The van der Waals surface area contributed by atoms with Gasteiger partial charge in [-0.25, -0.2) is 0 Å². The van der Waals surface area contributed by atoms with Gasteiger partial charge in [-0.2, -0.15) is 0 Å². The van der Waals surface area contributed by atoms with E-state index in [1.165, 1.54) is 34.1 Å². The Morgan fingerprint density at radius 3 is 3.08 bits per heavy atom. The number of H-pyrrole nitrogens is 1. The molecule has 25 heavy (non-hydrogen) atoms. The average molecular weight is 335 g/mol. The highest BCUT2D eigenvalue weighted by atomic mass is 15.2. The van der Waals surface area contributed by atoms with Crippen LogP contribution in [0.5, 0.6) is 0 Å². The first kappa shape index (κ1) is 16.5. The van der Waals surface area contributed by atoms with Crippen LogP contribution in [-0.4, -0.2) is 35.1 Å². The van der Waals surface area contributed by atoms with Gasteiger partial charge >= 0.3 is 0 Å². The van der Waals surface area contributed by atoms with E-state index in [9.17, 15) is 0 Å². The third kappa shape index (κ3) is 2.44. The van der Waals surface area contributed by atoms with E-state index in [-0.39, 0.29) is 5.54 Å². The highest BCUT2D eigenvalue weighted by Gasteiger charge is 2.49. The molecule has 132 valence electrons. The van der Waals surface area contributed by atoms with Gasteiger partial charge in [0.2, 0.25) is 0 Å². The molecular weight excluding hydrogens is 306 g/mol. The molecule has 2 heterocycles. The lowest BCUT2D eigenvalue weighted by Gasteiger charge is -2.55. The number of likely N-dealkylation sites (tertiary alicyclic amines) is 1. The fraction of sp³-hybridized carbons (Fsp3) is 0.455. The van der Waals surface area contributed by atoms with Crippen LogP contribution in [0.15, 0.2) is 49.3 Å². The molecule has 3 unspecified atom stereocenters. The molecule has 1 aliphatic carbocycles. The largest absolute Gasteiger partial charge is 0.389 e. The molecule has 3 heteroatoms. The lowest BCUT2D eigenvalue weighted by molar-refractivity contribution is 0.0267. The Kier molecular flexibility index (Phi) is 3.99. The van der Waals surface area contributed by atoms with E-state index in [1.54, 1.807) is 0 Å². The van der Waals surface area contributed by atoms with Gasteiger partial charge < -0.3 is 10.3 Å². The first-order chi connectivity index (χ1) is 12.1. The molecule has 1 aromatic heterocycles. The number of hydrogen-bond donors (Lipinski definition) is 2. The van der Waals surface area contributed by atoms with Crippen molar-refractivity contribution < 1.29 is 0 Å². The maximum absolute atomic E-state index is 4.34. The normalized spacial score (nSPS) is 28.6. The minimum Gasteiger partial charge on any atom is -0.389 e. The topological polar surface area (TPSA) is 31.1 Å². The zero-order chi connectivity index (χ0) is 17.6. The van der Waals surface area contributed by atoms with E-state index in [2.05, 4.69) is 66.6 Å². The molecule has 3 atom stereocenters. The van der Waals surface area contributed by atoms with Crippen LogP contribution in [0.2, 0.25) is 0 Å². The van der Waals surface area contributed by atoms with E-state index < -0.39 is 0 Å². The Hall–Kier alpha value is -2.00. The SMILES string of the molecule is C=CCN1CC(C(=C)NCC)CC2c3cccc4[nH]cc(c34)CC21C. The van der Waals surface area contributed by atoms with Crippen LogP contribution in [0.4, 0.5) is 0 Å². The summed E-state index contributed by atoms with van der Waals surface area (Å²) < 4.78 is 0. The van der Waals surface area contributed by atoms with Crippen LogP contribution in [0.25, 0.3) is 10.9 Å². The monoisotopic (exact) mass is 335 g/mol. The number of rotatable bonds is 5. The zero-order valence-electron chi connectivity index (χ0n) is 15.4. The molecule has 0 radical (unpaired) electrons. The Morgan fingerprint density at radius 2 is 2.32 bits per heavy atom. The van der Waals surface area contributed by atoms with Gasteiger partial charge in [0.15, 0.2) is 0 Å². The van der Waals surface area contributed by atoms with Gasteiger partial charge in [0, 0.05) is 59.8 Å². The van der Waals surface area contributed by atoms with Gasteiger partial charge in [-0.05, 0) is 43.9 Å². The van der Waals surface area contributed by atoms with E-state index in [1.807, 2.05) is 6.08 Å². The number of piperidine rings is 1. The number of hydrogen-bond acceptors (Lipinski definition) is 2. The minimum absolute atomic E-state index is 0.140. The number of fused-ring (bicyclic) bond motifs is 2. The van der Waals surface area contributed by atoms with Gasteiger partial charge in [-0.3, -0.25) is 4.90 Å². The molecule has 4 rings (SSSR count). The summed E-state index contributed by atoms with van der Waals surface area (Å²) in [6.45, 7) is 15.9. The first-order valence-electron chi connectivity index (χ1n) is 9.46. The molecule has 3 nitrogen and oxygen atoms in total. The number of nitrogens with zero attached hydrogens (tertiary/aromatic N) is 1. The van der Waals surface area contributed by atoms with Crippen LogP contribution < -0.4 is 5.32 Å². The molecule has 0 bridgehead atoms. The van der Waals surface area contributed by atoms with Gasteiger partial charge in [0.1, 0.15) is 0 Å². The van der Waals surface area contributed by atoms with Crippen LogP contribution >= 0.6 is 0 Å². The van der Waals surface area contributed by atoms with Gasteiger partial charge in [0.05, 0.1) is 0 Å². The lowest BCUT2D eigenvalue weighted by atomic mass is 9.64. The molecule has 2 N–H and O–H groups in total. The summed E-state index contributed by atoms with van der Waals surface area (Å²) in [5.41, 5.74) is 5.57. The van der Waals surface area contributed by atoms with Gasteiger partial charge in [-0.15, -0.1) is 6.58 Å². The Balaban J connectivity index is 1.80. The second kappa shape index (κ2) is 6.06. The van der Waals surface area contributed by atoms with Crippen molar-refractivity contribution in [3.63, 3.8) is 0 Å². The summed E-state index contributed by atoms with van der Waals surface area (Å²) >= 11 is 0. The van der Waals surface area contributed by atoms with Crippen LogP contribution in [-0.2, 0) is 6.42 Å². The summed E-state index contributed by atoms with van der Waals surface area (Å²) in [6, 6.07) is 6.74. The highest BCUT2D eigenvalue weighted by molar-refractivity contribution is 5.88. The zero-order valence-corrected chi connectivity index (χ0v) is 15.4. The van der Waals surface area contributed by atoms with Crippen LogP contribution in [0.3, 0.4) is 0 Å². The van der Waals surface area contributed by atoms with E-state index in [0.29, 0.717) is 11.8 Å². The van der Waals surface area contributed by atoms with Crippen molar-refractivity contribution in [2.24, 2.45) is 5.92 Å². The van der Waals surface area contributed by atoms with E-state index in [0.717, 1.165) is 26.1 Å². The molecule has 1 saturated heterocycles. The molecule has 0 spiro atoms. The molecule has 2 aliphatic rings. The average Bonchev–Trinajstić information content (AvgIpc) is 3.00. The minimum atomic E-state index is 0.140. The Labute approximate surface area is 150 Å². The lowest BCUT2D eigenvalue weighted by Crippen LogP contribution is -2.59. The van der Waals surface area contributed by atoms with Gasteiger partial charge in [-0.1, -0.05) is 24.8 Å². The molecule has 1 aromatic carbocycles. The number of nitrogens with one attached hydrogen (secondary N) is 2. The maximum Gasteiger partial charge on any atom is 0.0459 e. The molecule has 0 saturated carbocycles. The summed E-state index contributed by atoms with van der Waals surface area (Å²) in [5, 5.41) is 4.93. The fourth-order valence-electron chi connectivity index (χ4n) is 5.17. The van der Waals surface area contributed by atoms with E-state index >= 15 is 0 Å². The number of aromatic amines is 1. The molecular formula is C22H29N3. The van der Waals surface area contributed by atoms with Crippen molar-refractivity contribution in [3.05, 3.63) is 60.5 Å². The second-order valence-electron chi connectivity index (χ2n) is 7.85. The highest BCUT2D eigenvalue weighted by Crippen LogP contribution is 2.51. The number of benzene rings is 1. The van der Waals surface area contributed by atoms with E-state index in [4.69, 9.17) is 0 Å². The quantitative estimate of drug-likeness (QED) is 0.803. The van der Waals surface area contributed by atoms with Gasteiger partial charge in [0.25, 0.3) is 0 Å². The van der Waals surface area contributed by atoms with Crippen molar-refractivity contribution in [2.45, 2.75) is 38.1 Å². The maximum atomic E-state index is 4.34.